The van der Waals surface area contributed by atoms with Crippen molar-refractivity contribution >= 4 is 23.5 Å². The van der Waals surface area contributed by atoms with Crippen molar-refractivity contribution in [2.75, 3.05) is 5.75 Å². The molecule has 1 aliphatic heterocycles. The average molecular weight is 389 g/mol. The van der Waals surface area contributed by atoms with Crippen molar-refractivity contribution < 1.29 is 14.0 Å². The fraction of sp³-hybridized carbons (Fsp3) is 0.130. The number of nitrogens with one attached hydrogen (secondary N) is 1. The van der Waals surface area contributed by atoms with E-state index in [1.807, 2.05) is 30.3 Å². The molecule has 0 aromatic heterocycles. The smallest absolute Gasteiger partial charge is 0.251 e. The third-order valence-electron chi connectivity index (χ3n) is 5.30. The predicted octanol–water partition coefficient (Wildman–Crippen LogP) is 5.00. The van der Waals surface area contributed by atoms with E-state index in [1.165, 1.54) is 12.1 Å². The van der Waals surface area contributed by atoms with Crippen molar-refractivity contribution in [2.24, 2.45) is 0 Å². The zero-order valence-corrected chi connectivity index (χ0v) is 15.7. The zero-order valence-electron chi connectivity index (χ0n) is 14.9. The highest BCUT2D eigenvalue weighted by atomic mass is 32.2. The molecule has 0 bridgehead atoms. The van der Waals surface area contributed by atoms with E-state index in [0.717, 1.165) is 33.8 Å². The van der Waals surface area contributed by atoms with Crippen LogP contribution in [0.2, 0.25) is 0 Å². The Balaban J connectivity index is 1.44. The SMILES string of the molecule is O=C(NC1CCSc2ccc(F)cc21)c1ccc2c(c1)C(=O)c1ccccc1-2. The lowest BCUT2D eigenvalue weighted by atomic mass is 10.0. The lowest BCUT2D eigenvalue weighted by Crippen LogP contribution is -2.30. The standard InChI is InChI=1S/C23H16FNO2S/c24-14-6-8-21-19(12-14)20(9-10-28-21)25-23(27)13-5-7-16-15-3-1-2-4-17(15)22(26)18(16)11-13/h1-8,11-12,20H,9-10H2,(H,25,27). The van der Waals surface area contributed by atoms with Crippen LogP contribution in [-0.2, 0) is 0 Å². The van der Waals surface area contributed by atoms with Gasteiger partial charge in [-0.25, -0.2) is 4.39 Å². The largest absolute Gasteiger partial charge is 0.345 e. The number of ketones is 1. The molecule has 0 spiro atoms. The molecule has 2 aliphatic rings. The fourth-order valence-corrected chi connectivity index (χ4v) is 5.03. The van der Waals surface area contributed by atoms with E-state index < -0.39 is 0 Å². The Morgan fingerprint density at radius 3 is 2.61 bits per heavy atom. The van der Waals surface area contributed by atoms with Gasteiger partial charge in [-0.05, 0) is 53.4 Å². The molecular formula is C23H16FNO2S. The Morgan fingerprint density at radius 2 is 1.75 bits per heavy atom. The third kappa shape index (κ3) is 2.74. The Morgan fingerprint density at radius 1 is 0.964 bits per heavy atom. The molecule has 1 heterocycles. The first kappa shape index (κ1) is 17.2. The van der Waals surface area contributed by atoms with Crippen LogP contribution in [0.4, 0.5) is 4.39 Å². The van der Waals surface area contributed by atoms with Gasteiger partial charge in [0, 0.05) is 27.3 Å². The molecule has 5 rings (SSSR count). The zero-order chi connectivity index (χ0) is 19.3. The first-order valence-electron chi connectivity index (χ1n) is 9.13. The second-order valence-electron chi connectivity index (χ2n) is 6.98. The van der Waals surface area contributed by atoms with Crippen molar-refractivity contribution in [2.45, 2.75) is 17.4 Å². The molecule has 0 radical (unpaired) electrons. The van der Waals surface area contributed by atoms with Gasteiger partial charge in [-0.1, -0.05) is 30.3 Å². The molecule has 1 aliphatic carbocycles. The molecule has 3 aromatic rings. The van der Waals surface area contributed by atoms with E-state index in [1.54, 1.807) is 30.0 Å². The normalized spacial score (nSPS) is 16.9. The van der Waals surface area contributed by atoms with Crippen molar-refractivity contribution in [1.29, 1.82) is 0 Å². The van der Waals surface area contributed by atoms with Crippen LogP contribution in [0.15, 0.2) is 65.6 Å². The van der Waals surface area contributed by atoms with Crippen molar-refractivity contribution in [1.82, 2.24) is 5.32 Å². The number of thioether (sulfide) groups is 1. The second-order valence-corrected chi connectivity index (χ2v) is 8.12. The van der Waals surface area contributed by atoms with E-state index in [-0.39, 0.29) is 23.5 Å². The lowest BCUT2D eigenvalue weighted by molar-refractivity contribution is 0.0935. The Bertz CT molecular complexity index is 1140. The molecule has 3 nitrogen and oxygen atoms in total. The topological polar surface area (TPSA) is 46.2 Å². The third-order valence-corrected chi connectivity index (χ3v) is 6.43. The van der Waals surface area contributed by atoms with Gasteiger partial charge in [0.1, 0.15) is 5.82 Å². The van der Waals surface area contributed by atoms with Gasteiger partial charge in [0.25, 0.3) is 5.91 Å². The number of carbonyl (C=O) groups excluding carboxylic acids is 2. The summed E-state index contributed by atoms with van der Waals surface area (Å²) in [5.74, 6) is 0.253. The number of benzene rings is 3. The summed E-state index contributed by atoms with van der Waals surface area (Å²) in [7, 11) is 0. The second kappa shape index (κ2) is 6.60. The van der Waals surface area contributed by atoms with Crippen molar-refractivity contribution in [3.8, 4) is 11.1 Å². The van der Waals surface area contributed by atoms with Gasteiger partial charge in [0.05, 0.1) is 6.04 Å². The number of hydrogen-bond donors (Lipinski definition) is 1. The molecule has 0 saturated carbocycles. The van der Waals surface area contributed by atoms with Crippen LogP contribution in [0.1, 0.15) is 44.3 Å². The maximum absolute atomic E-state index is 13.7. The Kier molecular flexibility index (Phi) is 4.05. The maximum Gasteiger partial charge on any atom is 0.251 e. The summed E-state index contributed by atoms with van der Waals surface area (Å²) < 4.78 is 13.7. The number of fused-ring (bicyclic) bond motifs is 4. The summed E-state index contributed by atoms with van der Waals surface area (Å²) in [5.41, 5.74) is 4.25. The summed E-state index contributed by atoms with van der Waals surface area (Å²) in [4.78, 5) is 26.5. The molecule has 0 fully saturated rings. The minimum atomic E-state index is -0.304. The highest BCUT2D eigenvalue weighted by Crippen LogP contribution is 2.38. The average Bonchev–Trinajstić information content (AvgIpc) is 3.00. The van der Waals surface area contributed by atoms with E-state index in [2.05, 4.69) is 5.32 Å². The van der Waals surface area contributed by atoms with Crippen molar-refractivity contribution in [3.63, 3.8) is 0 Å². The number of hydrogen-bond acceptors (Lipinski definition) is 3. The number of rotatable bonds is 2. The van der Waals surface area contributed by atoms with Crippen LogP contribution in [-0.4, -0.2) is 17.4 Å². The van der Waals surface area contributed by atoms with E-state index in [4.69, 9.17) is 0 Å². The van der Waals surface area contributed by atoms with Crippen LogP contribution in [0.3, 0.4) is 0 Å². The van der Waals surface area contributed by atoms with E-state index in [9.17, 15) is 14.0 Å². The Labute approximate surface area is 166 Å². The Hall–Kier alpha value is -2.92. The number of amides is 1. The van der Waals surface area contributed by atoms with Crippen LogP contribution in [0.25, 0.3) is 11.1 Å². The molecule has 138 valence electrons. The van der Waals surface area contributed by atoms with Gasteiger partial charge in [0.15, 0.2) is 5.78 Å². The minimum Gasteiger partial charge on any atom is -0.345 e. The summed E-state index contributed by atoms with van der Waals surface area (Å²) in [6, 6.07) is 17.2. The van der Waals surface area contributed by atoms with Gasteiger partial charge < -0.3 is 5.32 Å². The van der Waals surface area contributed by atoms with Crippen LogP contribution < -0.4 is 5.32 Å². The molecule has 1 amide bonds. The van der Waals surface area contributed by atoms with Crippen molar-refractivity contribution in [3.05, 3.63) is 88.7 Å². The van der Waals surface area contributed by atoms with Gasteiger partial charge in [0.2, 0.25) is 0 Å². The molecule has 1 N–H and O–H groups in total. The molecule has 3 aromatic carbocycles. The van der Waals surface area contributed by atoms with Gasteiger partial charge in [-0.15, -0.1) is 11.8 Å². The fourth-order valence-electron chi connectivity index (χ4n) is 3.93. The summed E-state index contributed by atoms with van der Waals surface area (Å²) in [6.07, 6.45) is 0.738. The van der Waals surface area contributed by atoms with Gasteiger partial charge in [-0.2, -0.15) is 0 Å². The van der Waals surface area contributed by atoms with E-state index in [0.29, 0.717) is 16.7 Å². The summed E-state index contributed by atoms with van der Waals surface area (Å²) in [5, 5.41) is 3.02. The molecule has 1 unspecified atom stereocenters. The maximum atomic E-state index is 13.7. The van der Waals surface area contributed by atoms with Gasteiger partial charge in [-0.3, -0.25) is 9.59 Å². The molecular weight excluding hydrogens is 373 g/mol. The first-order chi connectivity index (χ1) is 13.6. The molecule has 28 heavy (non-hydrogen) atoms. The number of carbonyl (C=O) groups is 2. The lowest BCUT2D eigenvalue weighted by Gasteiger charge is -2.26. The summed E-state index contributed by atoms with van der Waals surface area (Å²) >= 11 is 1.67. The number of halogens is 1. The van der Waals surface area contributed by atoms with Crippen LogP contribution >= 0.6 is 11.8 Å². The van der Waals surface area contributed by atoms with E-state index >= 15 is 0 Å². The molecule has 0 saturated heterocycles. The van der Waals surface area contributed by atoms with Gasteiger partial charge >= 0.3 is 0 Å². The van der Waals surface area contributed by atoms with Crippen LogP contribution in [0, 0.1) is 5.82 Å². The predicted molar refractivity (Wildman–Crippen MR) is 107 cm³/mol. The highest BCUT2D eigenvalue weighted by Gasteiger charge is 2.28. The highest BCUT2D eigenvalue weighted by molar-refractivity contribution is 7.99. The quantitative estimate of drug-likeness (QED) is 0.525. The minimum absolute atomic E-state index is 0.0540. The molecule has 1 atom stereocenters. The molecule has 5 heteroatoms. The summed E-state index contributed by atoms with van der Waals surface area (Å²) in [6.45, 7) is 0. The first-order valence-corrected chi connectivity index (χ1v) is 10.1. The monoisotopic (exact) mass is 389 g/mol. The van der Waals surface area contributed by atoms with Crippen LogP contribution in [0.5, 0.6) is 0 Å².